The van der Waals surface area contributed by atoms with E-state index in [-0.39, 0.29) is 5.91 Å². The molecule has 0 aromatic carbocycles. The number of halogens is 1. The summed E-state index contributed by atoms with van der Waals surface area (Å²) in [5.74, 6) is -0.00363. The molecule has 1 heterocycles. The number of pyridine rings is 1. The van der Waals surface area contributed by atoms with Gasteiger partial charge in [0, 0.05) is 19.8 Å². The average molecular weight is 286 g/mol. The van der Waals surface area contributed by atoms with E-state index >= 15 is 0 Å². The molecule has 0 saturated carbocycles. The number of amides is 1. The molecule has 1 aromatic rings. The predicted octanol–water partition coefficient (Wildman–Crippen LogP) is 1.53. The molecule has 1 amide bonds. The summed E-state index contributed by atoms with van der Waals surface area (Å²) in [6.45, 7) is 1.65. The molecule has 88 valence electrons. The van der Waals surface area contributed by atoms with Crippen LogP contribution in [0.1, 0.15) is 16.8 Å². The summed E-state index contributed by atoms with van der Waals surface area (Å²) in [5, 5.41) is 3.05. The van der Waals surface area contributed by atoms with E-state index in [9.17, 15) is 4.79 Å². The Kier molecular flexibility index (Phi) is 5.42. The third-order valence-corrected chi connectivity index (χ3v) is 2.89. The van der Waals surface area contributed by atoms with Crippen LogP contribution in [-0.4, -0.2) is 43.0 Å². The first-order valence-electron chi connectivity index (χ1n) is 5.17. The maximum Gasteiger partial charge on any atom is 0.256 e. The van der Waals surface area contributed by atoms with Crippen molar-refractivity contribution in [3.8, 4) is 0 Å². The lowest BCUT2D eigenvalue weighted by Crippen LogP contribution is -2.29. The highest BCUT2D eigenvalue weighted by Gasteiger charge is 2.14. The van der Waals surface area contributed by atoms with E-state index in [4.69, 9.17) is 0 Å². The van der Waals surface area contributed by atoms with Gasteiger partial charge in [-0.05, 0) is 48.1 Å². The van der Waals surface area contributed by atoms with Crippen molar-refractivity contribution in [3.05, 3.63) is 28.5 Å². The van der Waals surface area contributed by atoms with Crippen LogP contribution in [0.5, 0.6) is 0 Å². The Morgan fingerprint density at radius 2 is 2.38 bits per heavy atom. The fraction of sp³-hybridized carbons (Fsp3) is 0.455. The van der Waals surface area contributed by atoms with Crippen LogP contribution in [-0.2, 0) is 0 Å². The smallest absolute Gasteiger partial charge is 0.256 e. The molecule has 0 unspecified atom stereocenters. The zero-order valence-electron chi connectivity index (χ0n) is 9.53. The minimum absolute atomic E-state index is 0.00363. The van der Waals surface area contributed by atoms with Crippen LogP contribution in [0.2, 0.25) is 0 Å². The van der Waals surface area contributed by atoms with Gasteiger partial charge in [-0.2, -0.15) is 0 Å². The van der Waals surface area contributed by atoms with E-state index in [1.165, 1.54) is 0 Å². The fourth-order valence-corrected chi connectivity index (χ4v) is 1.77. The molecule has 0 aliphatic rings. The van der Waals surface area contributed by atoms with Crippen molar-refractivity contribution >= 4 is 21.8 Å². The minimum Gasteiger partial charge on any atom is -0.342 e. The number of hydrogen-bond acceptors (Lipinski definition) is 3. The summed E-state index contributed by atoms with van der Waals surface area (Å²) in [6, 6.07) is 3.54. The van der Waals surface area contributed by atoms with Gasteiger partial charge in [0.05, 0.1) is 5.56 Å². The maximum atomic E-state index is 12.0. The third kappa shape index (κ3) is 3.57. The molecule has 0 atom stereocenters. The number of rotatable bonds is 5. The predicted molar refractivity (Wildman–Crippen MR) is 67.4 cm³/mol. The Morgan fingerprint density at radius 1 is 1.62 bits per heavy atom. The molecule has 4 nitrogen and oxygen atoms in total. The monoisotopic (exact) mass is 285 g/mol. The molecule has 1 rings (SSSR count). The molecular formula is C11H16BrN3O. The topological polar surface area (TPSA) is 45.2 Å². The van der Waals surface area contributed by atoms with E-state index in [1.54, 1.807) is 30.3 Å². The lowest BCUT2D eigenvalue weighted by molar-refractivity contribution is 0.0792. The molecule has 0 saturated heterocycles. The highest BCUT2D eigenvalue weighted by atomic mass is 79.9. The highest BCUT2D eigenvalue weighted by Crippen LogP contribution is 2.14. The second kappa shape index (κ2) is 6.60. The largest absolute Gasteiger partial charge is 0.342 e. The van der Waals surface area contributed by atoms with Crippen LogP contribution in [0.3, 0.4) is 0 Å². The van der Waals surface area contributed by atoms with Gasteiger partial charge in [-0.1, -0.05) is 0 Å². The second-order valence-corrected chi connectivity index (χ2v) is 4.28. The van der Waals surface area contributed by atoms with Gasteiger partial charge < -0.3 is 10.2 Å². The number of nitrogens with one attached hydrogen (secondary N) is 1. The number of carbonyl (C=O) groups excluding carboxylic acids is 1. The van der Waals surface area contributed by atoms with Crippen molar-refractivity contribution in [2.45, 2.75) is 6.42 Å². The molecule has 16 heavy (non-hydrogen) atoms. The lowest BCUT2D eigenvalue weighted by Gasteiger charge is -2.17. The minimum atomic E-state index is -0.00363. The molecule has 5 heteroatoms. The van der Waals surface area contributed by atoms with Crippen molar-refractivity contribution in [2.24, 2.45) is 0 Å². The molecule has 1 aromatic heterocycles. The van der Waals surface area contributed by atoms with Crippen LogP contribution in [0, 0.1) is 0 Å². The summed E-state index contributed by atoms with van der Waals surface area (Å²) < 4.78 is 0.598. The first-order valence-corrected chi connectivity index (χ1v) is 5.96. The van der Waals surface area contributed by atoms with Crippen LogP contribution < -0.4 is 5.32 Å². The Hall–Kier alpha value is -0.940. The van der Waals surface area contributed by atoms with Crippen molar-refractivity contribution in [1.82, 2.24) is 15.2 Å². The first kappa shape index (κ1) is 13.1. The number of nitrogens with zero attached hydrogens (tertiary/aromatic N) is 2. The summed E-state index contributed by atoms with van der Waals surface area (Å²) in [6.07, 6.45) is 2.60. The Bertz CT molecular complexity index is 357. The maximum absolute atomic E-state index is 12.0. The Labute approximate surface area is 104 Å². The van der Waals surface area contributed by atoms with Crippen molar-refractivity contribution in [3.63, 3.8) is 0 Å². The summed E-state index contributed by atoms with van der Waals surface area (Å²) >= 11 is 3.28. The first-order chi connectivity index (χ1) is 7.66. The van der Waals surface area contributed by atoms with Gasteiger partial charge in [0.15, 0.2) is 0 Å². The van der Waals surface area contributed by atoms with Crippen LogP contribution in [0.15, 0.2) is 22.9 Å². The third-order valence-electron chi connectivity index (χ3n) is 2.26. The zero-order chi connectivity index (χ0) is 12.0. The lowest BCUT2D eigenvalue weighted by atomic mass is 10.2. The standard InChI is InChI=1S/C11H16BrN3O/c1-13-6-4-8-15(2)11(16)9-5-3-7-14-10(9)12/h3,5,7,13H,4,6,8H2,1-2H3. The van der Waals surface area contributed by atoms with Crippen molar-refractivity contribution in [2.75, 3.05) is 27.2 Å². The molecule has 0 spiro atoms. The molecule has 1 N–H and O–H groups in total. The van der Waals surface area contributed by atoms with E-state index in [2.05, 4.69) is 26.2 Å². The van der Waals surface area contributed by atoms with E-state index < -0.39 is 0 Å². The second-order valence-electron chi connectivity index (χ2n) is 3.53. The van der Waals surface area contributed by atoms with E-state index in [0.717, 1.165) is 19.5 Å². The van der Waals surface area contributed by atoms with Crippen molar-refractivity contribution < 1.29 is 4.79 Å². The van der Waals surface area contributed by atoms with Gasteiger partial charge in [0.2, 0.25) is 0 Å². The highest BCUT2D eigenvalue weighted by molar-refractivity contribution is 9.10. The Balaban J connectivity index is 2.60. The summed E-state index contributed by atoms with van der Waals surface area (Å²) in [7, 11) is 3.71. The van der Waals surface area contributed by atoms with Gasteiger partial charge in [0.25, 0.3) is 5.91 Å². The van der Waals surface area contributed by atoms with Gasteiger partial charge in [-0.15, -0.1) is 0 Å². The number of hydrogen-bond donors (Lipinski definition) is 1. The van der Waals surface area contributed by atoms with Gasteiger partial charge >= 0.3 is 0 Å². The average Bonchev–Trinajstić information content (AvgIpc) is 2.29. The molecule has 0 radical (unpaired) electrons. The fourth-order valence-electron chi connectivity index (χ4n) is 1.35. The van der Waals surface area contributed by atoms with Crippen LogP contribution in [0.4, 0.5) is 0 Å². The summed E-state index contributed by atoms with van der Waals surface area (Å²) in [5.41, 5.74) is 0.606. The van der Waals surface area contributed by atoms with Gasteiger partial charge in [-0.25, -0.2) is 4.98 Å². The van der Waals surface area contributed by atoms with Gasteiger partial charge in [-0.3, -0.25) is 4.79 Å². The van der Waals surface area contributed by atoms with Gasteiger partial charge in [0.1, 0.15) is 4.60 Å². The molecule has 0 bridgehead atoms. The Morgan fingerprint density at radius 3 is 3.00 bits per heavy atom. The molecule has 0 aliphatic carbocycles. The molecule has 0 aliphatic heterocycles. The number of aromatic nitrogens is 1. The summed E-state index contributed by atoms with van der Waals surface area (Å²) in [4.78, 5) is 17.7. The van der Waals surface area contributed by atoms with E-state index in [1.807, 2.05) is 7.05 Å². The van der Waals surface area contributed by atoms with E-state index in [0.29, 0.717) is 10.2 Å². The molecular weight excluding hydrogens is 270 g/mol. The van der Waals surface area contributed by atoms with Crippen LogP contribution in [0.25, 0.3) is 0 Å². The van der Waals surface area contributed by atoms with Crippen molar-refractivity contribution in [1.29, 1.82) is 0 Å². The normalized spacial score (nSPS) is 10.2. The van der Waals surface area contributed by atoms with Crippen LogP contribution >= 0.6 is 15.9 Å². The zero-order valence-corrected chi connectivity index (χ0v) is 11.1. The molecule has 0 fully saturated rings. The quantitative estimate of drug-likeness (QED) is 0.659. The number of carbonyl (C=O) groups is 1. The SMILES string of the molecule is CNCCCN(C)C(=O)c1cccnc1Br.